The second-order valence-corrected chi connectivity index (χ2v) is 10.00. The van der Waals surface area contributed by atoms with Gasteiger partial charge in [-0.05, 0) is 31.5 Å². The van der Waals surface area contributed by atoms with Crippen LogP contribution in [0.4, 0.5) is 5.69 Å². The van der Waals surface area contributed by atoms with Gasteiger partial charge in [-0.2, -0.15) is 0 Å². The summed E-state index contributed by atoms with van der Waals surface area (Å²) in [7, 11) is 3.87. The zero-order valence-electron chi connectivity index (χ0n) is 22.1. The van der Waals surface area contributed by atoms with E-state index >= 15 is 0 Å². The Morgan fingerprint density at radius 3 is 2.54 bits per heavy atom. The lowest BCUT2D eigenvalue weighted by Crippen LogP contribution is -2.49. The molecule has 0 amide bonds. The van der Waals surface area contributed by atoms with Crippen molar-refractivity contribution in [3.05, 3.63) is 98.5 Å². The maximum atomic E-state index is 13.2. The molecule has 0 saturated carbocycles. The van der Waals surface area contributed by atoms with E-state index in [1.165, 1.54) is 11.6 Å². The minimum atomic E-state index is -0.858. The van der Waals surface area contributed by atoms with Gasteiger partial charge in [0.05, 0.1) is 21.6 Å². The van der Waals surface area contributed by atoms with Crippen molar-refractivity contribution in [2.75, 3.05) is 27.2 Å². The SMILES string of the molecule is CC1=C(C(=O)OCCN(C)Cc2ccccc2)CC2=C(N1)N(C)NC2(c1ccccc1[N+](=O)[O-])C(C)C. The Morgan fingerprint density at radius 1 is 1.19 bits per heavy atom. The second kappa shape index (κ2) is 10.7. The van der Waals surface area contributed by atoms with Crippen molar-refractivity contribution in [3.63, 3.8) is 0 Å². The van der Waals surface area contributed by atoms with Gasteiger partial charge in [-0.25, -0.2) is 10.2 Å². The van der Waals surface area contributed by atoms with Crippen LogP contribution in [0.25, 0.3) is 0 Å². The van der Waals surface area contributed by atoms with Gasteiger partial charge in [0.15, 0.2) is 0 Å². The molecule has 0 bridgehead atoms. The summed E-state index contributed by atoms with van der Waals surface area (Å²) < 4.78 is 5.69. The second-order valence-electron chi connectivity index (χ2n) is 10.00. The average molecular weight is 506 g/mol. The number of ether oxygens (including phenoxy) is 1. The fourth-order valence-corrected chi connectivity index (χ4v) is 5.28. The molecule has 2 aliphatic rings. The number of hydrogen-bond acceptors (Lipinski definition) is 8. The number of esters is 1. The van der Waals surface area contributed by atoms with Crippen molar-refractivity contribution in [3.8, 4) is 0 Å². The van der Waals surface area contributed by atoms with Crippen LogP contribution in [0.5, 0.6) is 0 Å². The molecule has 0 radical (unpaired) electrons. The smallest absolute Gasteiger partial charge is 0.336 e. The van der Waals surface area contributed by atoms with Crippen LogP contribution < -0.4 is 10.7 Å². The number of carbonyl (C=O) groups is 1. The number of carbonyl (C=O) groups excluding carboxylic acids is 1. The molecule has 2 aromatic carbocycles. The van der Waals surface area contributed by atoms with E-state index in [0.717, 1.165) is 23.6 Å². The normalized spacial score (nSPS) is 19.4. The van der Waals surface area contributed by atoms with Crippen molar-refractivity contribution < 1.29 is 14.5 Å². The highest BCUT2D eigenvalue weighted by Crippen LogP contribution is 2.49. The third kappa shape index (κ3) is 5.10. The molecule has 0 aliphatic carbocycles. The third-order valence-corrected chi connectivity index (χ3v) is 7.19. The molecule has 4 rings (SSSR count). The summed E-state index contributed by atoms with van der Waals surface area (Å²) in [6, 6.07) is 16.9. The highest BCUT2D eigenvalue weighted by atomic mass is 16.6. The molecule has 9 heteroatoms. The largest absolute Gasteiger partial charge is 0.461 e. The van der Waals surface area contributed by atoms with Crippen molar-refractivity contribution in [2.24, 2.45) is 5.92 Å². The van der Waals surface area contributed by atoms with Gasteiger partial charge in [-0.3, -0.25) is 20.0 Å². The lowest BCUT2D eigenvalue weighted by atomic mass is 9.72. The molecule has 1 unspecified atom stereocenters. The molecular formula is C28H35N5O4. The van der Waals surface area contributed by atoms with Crippen LogP contribution in [0.1, 0.15) is 38.3 Å². The van der Waals surface area contributed by atoms with Gasteiger partial charge in [-0.1, -0.05) is 56.3 Å². The minimum Gasteiger partial charge on any atom is -0.461 e. The number of nitrogens with zero attached hydrogens (tertiary/aromatic N) is 3. The van der Waals surface area contributed by atoms with Gasteiger partial charge < -0.3 is 10.1 Å². The Hall–Kier alpha value is -3.69. The maximum absolute atomic E-state index is 13.2. The fraction of sp³-hybridized carbons (Fsp3) is 0.393. The summed E-state index contributed by atoms with van der Waals surface area (Å²) >= 11 is 0. The molecule has 0 aromatic heterocycles. The van der Waals surface area contributed by atoms with E-state index in [4.69, 9.17) is 4.74 Å². The number of benzene rings is 2. The monoisotopic (exact) mass is 505 g/mol. The summed E-state index contributed by atoms with van der Waals surface area (Å²) in [6.45, 7) is 7.55. The number of nitro benzene ring substituents is 1. The van der Waals surface area contributed by atoms with Crippen LogP contribution in [-0.4, -0.2) is 48.0 Å². The Labute approximate surface area is 217 Å². The van der Waals surface area contributed by atoms with E-state index < -0.39 is 5.54 Å². The molecule has 0 spiro atoms. The molecule has 0 saturated heterocycles. The molecule has 2 N–H and O–H groups in total. The van der Waals surface area contributed by atoms with Crippen LogP contribution in [0.3, 0.4) is 0 Å². The van der Waals surface area contributed by atoms with Gasteiger partial charge in [0.1, 0.15) is 12.4 Å². The van der Waals surface area contributed by atoms with E-state index in [1.807, 2.05) is 64.1 Å². The molecule has 9 nitrogen and oxygen atoms in total. The highest BCUT2D eigenvalue weighted by molar-refractivity contribution is 5.90. The van der Waals surface area contributed by atoms with Crippen molar-refractivity contribution in [1.82, 2.24) is 20.7 Å². The lowest BCUT2D eigenvalue weighted by molar-refractivity contribution is -0.386. The number of para-hydroxylation sites is 1. The van der Waals surface area contributed by atoms with Gasteiger partial charge in [0.25, 0.3) is 5.69 Å². The molecule has 2 aromatic rings. The fourth-order valence-electron chi connectivity index (χ4n) is 5.28. The molecule has 0 fully saturated rings. The Balaban J connectivity index is 1.53. The van der Waals surface area contributed by atoms with Crippen LogP contribution in [0.15, 0.2) is 77.3 Å². The maximum Gasteiger partial charge on any atom is 0.336 e. The van der Waals surface area contributed by atoms with Crippen molar-refractivity contribution >= 4 is 11.7 Å². The Kier molecular flexibility index (Phi) is 7.65. The summed E-state index contributed by atoms with van der Waals surface area (Å²) in [5, 5.41) is 17.2. The number of nitrogens with one attached hydrogen (secondary N) is 2. The molecular weight excluding hydrogens is 470 g/mol. The van der Waals surface area contributed by atoms with E-state index in [9.17, 15) is 14.9 Å². The molecule has 196 valence electrons. The third-order valence-electron chi connectivity index (χ3n) is 7.19. The Morgan fingerprint density at radius 2 is 1.86 bits per heavy atom. The predicted molar refractivity (Wildman–Crippen MR) is 142 cm³/mol. The van der Waals surface area contributed by atoms with Gasteiger partial charge in [0.2, 0.25) is 0 Å². The van der Waals surface area contributed by atoms with Crippen molar-refractivity contribution in [2.45, 2.75) is 39.3 Å². The highest BCUT2D eigenvalue weighted by Gasteiger charge is 2.52. The van der Waals surface area contributed by atoms with Gasteiger partial charge >= 0.3 is 5.97 Å². The lowest BCUT2D eigenvalue weighted by Gasteiger charge is -2.37. The number of likely N-dealkylation sites (N-methyl/N-ethyl adjacent to an activating group) is 1. The first kappa shape index (κ1) is 26.4. The molecule has 2 heterocycles. The Bertz CT molecular complexity index is 1240. The standard InChI is InChI=1S/C28H35N5O4/c1-19(2)28(23-13-9-10-14-25(23)33(35)36)24-17-22(20(3)29-26(24)32(5)30-28)27(34)37-16-15-31(4)18-21-11-7-6-8-12-21/h6-14,19,29-30H,15-18H2,1-5H3. The quantitative estimate of drug-likeness (QED) is 0.299. The number of allylic oxidation sites excluding steroid dienone is 1. The number of rotatable bonds is 9. The van der Waals surface area contributed by atoms with Crippen molar-refractivity contribution in [1.29, 1.82) is 0 Å². The average Bonchev–Trinajstić information content (AvgIpc) is 3.16. The van der Waals surface area contributed by atoms with E-state index in [2.05, 4.69) is 27.8 Å². The number of hydrogen-bond donors (Lipinski definition) is 2. The van der Waals surface area contributed by atoms with Crippen LogP contribution >= 0.6 is 0 Å². The summed E-state index contributed by atoms with van der Waals surface area (Å²) in [4.78, 5) is 26.9. The molecule has 1 atom stereocenters. The molecule has 2 aliphatic heterocycles. The first-order valence-corrected chi connectivity index (χ1v) is 12.5. The first-order valence-electron chi connectivity index (χ1n) is 12.5. The van der Waals surface area contributed by atoms with E-state index in [-0.39, 0.29) is 29.1 Å². The zero-order chi connectivity index (χ0) is 26.7. The number of dihydropyridines is 1. The van der Waals surface area contributed by atoms with Crippen LogP contribution in [0.2, 0.25) is 0 Å². The molecule has 37 heavy (non-hydrogen) atoms. The van der Waals surface area contributed by atoms with Crippen LogP contribution in [-0.2, 0) is 21.6 Å². The minimum absolute atomic E-state index is 0.0442. The summed E-state index contributed by atoms with van der Waals surface area (Å²) in [5.41, 5.74) is 6.58. The van der Waals surface area contributed by atoms with Crippen LogP contribution in [0, 0.1) is 16.0 Å². The predicted octanol–water partition coefficient (Wildman–Crippen LogP) is 4.05. The van der Waals surface area contributed by atoms with Gasteiger partial charge in [-0.15, -0.1) is 0 Å². The number of hydrazine groups is 1. The summed E-state index contributed by atoms with van der Waals surface area (Å²) in [6.07, 6.45) is 0.328. The zero-order valence-corrected chi connectivity index (χ0v) is 22.1. The van der Waals surface area contributed by atoms with Gasteiger partial charge in [0, 0.05) is 43.9 Å². The number of nitro groups is 1. The summed E-state index contributed by atoms with van der Waals surface area (Å²) in [5.74, 6) is 0.385. The topological polar surface area (TPSA) is 100.0 Å². The van der Waals surface area contributed by atoms with E-state index in [0.29, 0.717) is 24.1 Å². The van der Waals surface area contributed by atoms with E-state index in [1.54, 1.807) is 12.1 Å². The first-order chi connectivity index (χ1) is 17.6.